The highest BCUT2D eigenvalue weighted by Gasteiger charge is 2.33. The number of fused-ring (bicyclic) bond motifs is 1. The Bertz CT molecular complexity index is 1220. The van der Waals surface area contributed by atoms with Gasteiger partial charge in [-0.25, -0.2) is 4.98 Å². The molecule has 0 radical (unpaired) electrons. The first-order chi connectivity index (χ1) is 15.7. The molecule has 32 heavy (non-hydrogen) atoms. The van der Waals surface area contributed by atoms with Crippen LogP contribution in [0, 0.1) is 0 Å². The van der Waals surface area contributed by atoms with Crippen molar-refractivity contribution in [2.24, 2.45) is 0 Å². The Balaban J connectivity index is 1.35. The van der Waals surface area contributed by atoms with Crippen LogP contribution in [0.3, 0.4) is 0 Å². The largest absolute Gasteiger partial charge is 0.492 e. The lowest BCUT2D eigenvalue weighted by molar-refractivity contribution is -0.128. The lowest BCUT2D eigenvalue weighted by Crippen LogP contribution is -2.24. The summed E-state index contributed by atoms with van der Waals surface area (Å²) in [7, 11) is 0. The SMILES string of the molecule is O=C1C[C@H](c2nc3ccccc3n2CCOc2ccc(Cl)cc2)CN1Cc1ccccc1. The third-order valence-corrected chi connectivity index (χ3v) is 6.13. The second kappa shape index (κ2) is 9.05. The molecule has 1 aliphatic heterocycles. The summed E-state index contributed by atoms with van der Waals surface area (Å²) in [5.74, 6) is 1.98. The number of aromatic nitrogens is 2. The van der Waals surface area contributed by atoms with E-state index in [0.29, 0.717) is 37.7 Å². The second-order valence-corrected chi connectivity index (χ2v) is 8.51. The molecule has 0 spiro atoms. The summed E-state index contributed by atoms with van der Waals surface area (Å²) in [6, 6.07) is 25.6. The van der Waals surface area contributed by atoms with Crippen LogP contribution in [0.15, 0.2) is 78.9 Å². The minimum Gasteiger partial charge on any atom is -0.492 e. The van der Waals surface area contributed by atoms with E-state index in [1.54, 1.807) is 0 Å². The van der Waals surface area contributed by atoms with Gasteiger partial charge in [-0.2, -0.15) is 0 Å². The quantitative estimate of drug-likeness (QED) is 0.388. The number of halogens is 1. The van der Waals surface area contributed by atoms with E-state index in [0.717, 1.165) is 28.2 Å². The summed E-state index contributed by atoms with van der Waals surface area (Å²) in [6.07, 6.45) is 0.480. The van der Waals surface area contributed by atoms with Gasteiger partial charge in [0, 0.05) is 30.5 Å². The number of carbonyl (C=O) groups is 1. The summed E-state index contributed by atoms with van der Waals surface area (Å²) in [6.45, 7) is 2.47. The summed E-state index contributed by atoms with van der Waals surface area (Å²) in [4.78, 5) is 19.6. The monoisotopic (exact) mass is 445 g/mol. The zero-order chi connectivity index (χ0) is 21.9. The van der Waals surface area contributed by atoms with Gasteiger partial charge in [0.25, 0.3) is 0 Å². The first-order valence-corrected chi connectivity index (χ1v) is 11.2. The third kappa shape index (κ3) is 4.34. The Morgan fingerprint density at radius 1 is 0.969 bits per heavy atom. The van der Waals surface area contributed by atoms with Gasteiger partial charge in [-0.3, -0.25) is 4.79 Å². The number of rotatable bonds is 7. The van der Waals surface area contributed by atoms with Gasteiger partial charge in [-0.05, 0) is 42.0 Å². The predicted molar refractivity (Wildman–Crippen MR) is 126 cm³/mol. The molecule has 5 rings (SSSR count). The van der Waals surface area contributed by atoms with Crippen molar-refractivity contribution in [3.05, 3.63) is 95.3 Å². The van der Waals surface area contributed by atoms with Crippen molar-refractivity contribution >= 4 is 28.5 Å². The molecule has 1 fully saturated rings. The highest BCUT2D eigenvalue weighted by atomic mass is 35.5. The van der Waals surface area contributed by atoms with Crippen molar-refractivity contribution < 1.29 is 9.53 Å². The van der Waals surface area contributed by atoms with Gasteiger partial charge < -0.3 is 14.2 Å². The molecule has 2 heterocycles. The van der Waals surface area contributed by atoms with Gasteiger partial charge in [0.2, 0.25) is 5.91 Å². The number of nitrogens with zero attached hydrogens (tertiary/aromatic N) is 3. The fourth-order valence-corrected chi connectivity index (χ4v) is 4.45. The highest BCUT2D eigenvalue weighted by molar-refractivity contribution is 6.30. The van der Waals surface area contributed by atoms with Crippen LogP contribution < -0.4 is 4.74 Å². The first kappa shape index (κ1) is 20.6. The highest BCUT2D eigenvalue weighted by Crippen LogP contribution is 2.31. The zero-order valence-electron chi connectivity index (χ0n) is 17.7. The normalized spacial score (nSPS) is 16.1. The summed E-state index contributed by atoms with van der Waals surface area (Å²) in [5, 5.41) is 0.686. The molecule has 0 aliphatic carbocycles. The van der Waals surface area contributed by atoms with Crippen molar-refractivity contribution in [2.75, 3.05) is 13.2 Å². The smallest absolute Gasteiger partial charge is 0.223 e. The minimum absolute atomic E-state index is 0.0640. The fraction of sp³-hybridized carbons (Fsp3) is 0.231. The van der Waals surface area contributed by atoms with Gasteiger partial charge >= 0.3 is 0 Å². The van der Waals surface area contributed by atoms with Crippen molar-refractivity contribution in [1.82, 2.24) is 14.5 Å². The number of carbonyl (C=O) groups excluding carboxylic acids is 1. The Morgan fingerprint density at radius 2 is 1.72 bits per heavy atom. The second-order valence-electron chi connectivity index (χ2n) is 8.07. The number of amides is 1. The number of hydrogen-bond donors (Lipinski definition) is 0. The molecule has 0 bridgehead atoms. The van der Waals surface area contributed by atoms with Crippen LogP contribution in [0.1, 0.15) is 23.7 Å². The van der Waals surface area contributed by atoms with Gasteiger partial charge in [0.15, 0.2) is 0 Å². The van der Waals surface area contributed by atoms with E-state index in [-0.39, 0.29) is 11.8 Å². The van der Waals surface area contributed by atoms with Gasteiger partial charge in [-0.1, -0.05) is 54.1 Å². The molecule has 1 amide bonds. The molecule has 6 heteroatoms. The lowest BCUT2D eigenvalue weighted by Gasteiger charge is -2.17. The fourth-order valence-electron chi connectivity index (χ4n) is 4.33. The minimum atomic E-state index is 0.0640. The first-order valence-electron chi connectivity index (χ1n) is 10.8. The Kier molecular flexibility index (Phi) is 5.82. The lowest BCUT2D eigenvalue weighted by atomic mass is 10.1. The maximum atomic E-state index is 12.8. The molecule has 5 nitrogen and oxygen atoms in total. The zero-order valence-corrected chi connectivity index (χ0v) is 18.4. The average Bonchev–Trinajstić information content (AvgIpc) is 3.36. The Labute approximate surface area is 192 Å². The van der Waals surface area contributed by atoms with Crippen LogP contribution in [0.25, 0.3) is 11.0 Å². The Hall–Kier alpha value is -3.31. The third-order valence-electron chi connectivity index (χ3n) is 5.88. The summed E-state index contributed by atoms with van der Waals surface area (Å²) >= 11 is 5.96. The molecule has 1 saturated heterocycles. The molecule has 3 aromatic carbocycles. The Morgan fingerprint density at radius 3 is 2.53 bits per heavy atom. The number of likely N-dealkylation sites (tertiary alicyclic amines) is 1. The van der Waals surface area contributed by atoms with Crippen LogP contribution in [-0.2, 0) is 17.9 Å². The molecular formula is C26H24ClN3O2. The van der Waals surface area contributed by atoms with Crippen LogP contribution in [0.4, 0.5) is 0 Å². The number of para-hydroxylation sites is 2. The van der Waals surface area contributed by atoms with Gasteiger partial charge in [0.05, 0.1) is 17.6 Å². The molecule has 4 aromatic rings. The van der Waals surface area contributed by atoms with Crippen LogP contribution in [-0.4, -0.2) is 33.5 Å². The van der Waals surface area contributed by atoms with Crippen molar-refractivity contribution in [1.29, 1.82) is 0 Å². The van der Waals surface area contributed by atoms with E-state index < -0.39 is 0 Å². The summed E-state index contributed by atoms with van der Waals surface area (Å²) < 4.78 is 8.14. The molecule has 1 atom stereocenters. The molecule has 1 aromatic heterocycles. The van der Waals surface area contributed by atoms with E-state index >= 15 is 0 Å². The molecule has 0 unspecified atom stereocenters. The van der Waals surface area contributed by atoms with E-state index in [4.69, 9.17) is 21.3 Å². The van der Waals surface area contributed by atoms with E-state index in [1.807, 2.05) is 65.6 Å². The van der Waals surface area contributed by atoms with Crippen LogP contribution in [0.5, 0.6) is 5.75 Å². The molecule has 162 valence electrons. The molecule has 0 N–H and O–H groups in total. The van der Waals surface area contributed by atoms with Crippen LogP contribution >= 0.6 is 11.6 Å². The number of imidazole rings is 1. The van der Waals surface area contributed by atoms with E-state index in [2.05, 4.69) is 22.8 Å². The van der Waals surface area contributed by atoms with Gasteiger partial charge in [0.1, 0.15) is 18.2 Å². The number of hydrogen-bond acceptors (Lipinski definition) is 3. The standard InChI is InChI=1S/C26H24ClN3O2/c27-21-10-12-22(13-11-21)32-15-14-30-24-9-5-4-8-23(24)28-26(30)20-16-25(31)29(18-20)17-19-6-2-1-3-7-19/h1-13,20H,14-18H2/t20-/m0/s1. The molecule has 1 aliphatic rings. The van der Waals surface area contributed by atoms with E-state index in [9.17, 15) is 4.79 Å². The number of ether oxygens (including phenoxy) is 1. The van der Waals surface area contributed by atoms with E-state index in [1.165, 1.54) is 0 Å². The molecule has 0 saturated carbocycles. The maximum absolute atomic E-state index is 12.8. The maximum Gasteiger partial charge on any atom is 0.223 e. The van der Waals surface area contributed by atoms with Gasteiger partial charge in [-0.15, -0.1) is 0 Å². The van der Waals surface area contributed by atoms with Crippen molar-refractivity contribution in [2.45, 2.75) is 25.4 Å². The summed E-state index contributed by atoms with van der Waals surface area (Å²) in [5.41, 5.74) is 3.16. The number of benzene rings is 3. The topological polar surface area (TPSA) is 47.4 Å². The molecular weight excluding hydrogens is 422 g/mol. The van der Waals surface area contributed by atoms with Crippen molar-refractivity contribution in [3.63, 3.8) is 0 Å². The average molecular weight is 446 g/mol. The van der Waals surface area contributed by atoms with Crippen molar-refractivity contribution in [3.8, 4) is 5.75 Å². The predicted octanol–water partition coefficient (Wildman–Crippen LogP) is 5.28. The van der Waals surface area contributed by atoms with Crippen LogP contribution in [0.2, 0.25) is 5.02 Å².